The van der Waals surface area contributed by atoms with Gasteiger partial charge >= 0.3 is 6.18 Å². The number of nitrogens with zero attached hydrogens (tertiary/aromatic N) is 2. The van der Waals surface area contributed by atoms with E-state index in [9.17, 15) is 17.6 Å². The van der Waals surface area contributed by atoms with Gasteiger partial charge in [-0.05, 0) is 18.2 Å². The molecule has 3 heterocycles. The van der Waals surface area contributed by atoms with Crippen molar-refractivity contribution in [2.45, 2.75) is 12.2 Å². The van der Waals surface area contributed by atoms with E-state index < -0.39 is 29.2 Å². The van der Waals surface area contributed by atoms with Crippen molar-refractivity contribution in [3.63, 3.8) is 0 Å². The summed E-state index contributed by atoms with van der Waals surface area (Å²) in [6, 6.07) is 9.12. The highest BCUT2D eigenvalue weighted by Crippen LogP contribution is 2.46. The Morgan fingerprint density at radius 2 is 1.79 bits per heavy atom. The summed E-state index contributed by atoms with van der Waals surface area (Å²) in [5.41, 5.74) is 1.52. The molecule has 2 N–H and O–H groups in total. The fourth-order valence-electron chi connectivity index (χ4n) is 3.81. The van der Waals surface area contributed by atoms with Crippen LogP contribution >= 0.6 is 0 Å². The molecule has 0 radical (unpaired) electrons. The van der Waals surface area contributed by atoms with Crippen LogP contribution < -0.4 is 5.32 Å². The van der Waals surface area contributed by atoms with E-state index in [4.69, 9.17) is 0 Å². The summed E-state index contributed by atoms with van der Waals surface area (Å²) in [5.74, 6) is -0.926. The van der Waals surface area contributed by atoms with Gasteiger partial charge in [-0.25, -0.2) is 4.39 Å². The molecule has 140 valence electrons. The van der Waals surface area contributed by atoms with E-state index in [1.807, 2.05) is 12.1 Å². The summed E-state index contributed by atoms with van der Waals surface area (Å²) < 4.78 is 55.8. The van der Waals surface area contributed by atoms with E-state index >= 15 is 0 Å². The first kappa shape index (κ1) is 16.7. The van der Waals surface area contributed by atoms with Crippen LogP contribution in [0.2, 0.25) is 0 Å². The molecule has 1 aliphatic heterocycles. The fourth-order valence-corrected chi connectivity index (χ4v) is 3.81. The lowest BCUT2D eigenvalue weighted by molar-refractivity contribution is -0.138. The molecule has 2 aromatic heterocycles. The van der Waals surface area contributed by atoms with Gasteiger partial charge in [0.1, 0.15) is 5.82 Å². The third kappa shape index (κ3) is 2.37. The van der Waals surface area contributed by atoms with Crippen LogP contribution in [-0.2, 0) is 6.18 Å². The molecular formula is C20H12F4N4. The van der Waals surface area contributed by atoms with Gasteiger partial charge in [-0.2, -0.15) is 18.3 Å². The van der Waals surface area contributed by atoms with Crippen LogP contribution in [0.25, 0.3) is 22.2 Å². The van der Waals surface area contributed by atoms with E-state index in [-0.39, 0.29) is 0 Å². The van der Waals surface area contributed by atoms with Crippen molar-refractivity contribution < 1.29 is 17.6 Å². The maximum Gasteiger partial charge on any atom is 0.416 e. The van der Waals surface area contributed by atoms with Crippen LogP contribution in [0.1, 0.15) is 22.7 Å². The lowest BCUT2D eigenvalue weighted by Crippen LogP contribution is -2.19. The van der Waals surface area contributed by atoms with Crippen molar-refractivity contribution >= 4 is 16.7 Å². The minimum atomic E-state index is -4.69. The van der Waals surface area contributed by atoms with Gasteiger partial charge in [0.2, 0.25) is 0 Å². The Bertz CT molecular complexity index is 1210. The minimum absolute atomic E-state index is 0.431. The summed E-state index contributed by atoms with van der Waals surface area (Å²) in [6.07, 6.45) is -1.58. The fraction of sp³-hybridized carbons (Fsp3) is 0.100. The normalized spacial score (nSPS) is 15.8. The number of nitrogens with one attached hydrogen (secondary N) is 2. The number of halogens is 4. The van der Waals surface area contributed by atoms with Gasteiger partial charge in [-0.15, -0.1) is 5.10 Å². The summed E-state index contributed by atoms with van der Waals surface area (Å²) in [7, 11) is 0. The van der Waals surface area contributed by atoms with Gasteiger partial charge in [0, 0.05) is 39.5 Å². The number of hydrogen-bond donors (Lipinski definition) is 2. The minimum Gasteiger partial charge on any atom is -0.373 e. The highest BCUT2D eigenvalue weighted by Gasteiger charge is 2.39. The molecule has 8 heteroatoms. The van der Waals surface area contributed by atoms with Crippen molar-refractivity contribution in [2.24, 2.45) is 0 Å². The summed E-state index contributed by atoms with van der Waals surface area (Å²) in [5, 5.41) is 11.7. The van der Waals surface area contributed by atoms with E-state index in [1.54, 1.807) is 24.5 Å². The maximum absolute atomic E-state index is 14.8. The second kappa shape index (κ2) is 5.79. The molecule has 0 bridgehead atoms. The second-order valence-corrected chi connectivity index (χ2v) is 6.55. The van der Waals surface area contributed by atoms with Crippen molar-refractivity contribution in [3.8, 4) is 11.1 Å². The van der Waals surface area contributed by atoms with Gasteiger partial charge in [0.05, 0.1) is 17.8 Å². The number of para-hydroxylation sites is 1. The van der Waals surface area contributed by atoms with Crippen LogP contribution in [0.15, 0.2) is 54.9 Å². The van der Waals surface area contributed by atoms with Crippen molar-refractivity contribution in [1.82, 2.24) is 15.2 Å². The molecule has 0 spiro atoms. The van der Waals surface area contributed by atoms with Crippen molar-refractivity contribution in [1.29, 1.82) is 0 Å². The van der Waals surface area contributed by atoms with Gasteiger partial charge < -0.3 is 10.3 Å². The number of aromatic amines is 1. The Balaban J connectivity index is 1.87. The molecule has 1 aliphatic rings. The number of anilines is 1. The van der Waals surface area contributed by atoms with Crippen LogP contribution in [0.5, 0.6) is 0 Å². The number of H-pyrrole nitrogens is 1. The molecular weight excluding hydrogens is 372 g/mol. The molecule has 0 amide bonds. The first-order valence-corrected chi connectivity index (χ1v) is 8.49. The monoisotopic (exact) mass is 384 g/mol. The molecule has 0 fully saturated rings. The molecule has 1 unspecified atom stereocenters. The zero-order valence-corrected chi connectivity index (χ0v) is 14.2. The highest BCUT2D eigenvalue weighted by molar-refractivity contribution is 6.00. The predicted octanol–water partition coefficient (Wildman–Crippen LogP) is 5.30. The second-order valence-electron chi connectivity index (χ2n) is 6.55. The molecule has 28 heavy (non-hydrogen) atoms. The highest BCUT2D eigenvalue weighted by atomic mass is 19.4. The summed E-state index contributed by atoms with van der Waals surface area (Å²) in [6.45, 7) is 0. The molecule has 1 atom stereocenters. The third-order valence-corrected chi connectivity index (χ3v) is 4.98. The van der Waals surface area contributed by atoms with Crippen LogP contribution in [0.3, 0.4) is 0 Å². The smallest absolute Gasteiger partial charge is 0.373 e. The quantitative estimate of drug-likeness (QED) is 0.438. The Morgan fingerprint density at radius 1 is 0.964 bits per heavy atom. The van der Waals surface area contributed by atoms with Gasteiger partial charge in [0.25, 0.3) is 0 Å². The Labute approximate surface area is 156 Å². The third-order valence-electron chi connectivity index (χ3n) is 4.98. The van der Waals surface area contributed by atoms with Crippen molar-refractivity contribution in [2.75, 3.05) is 5.32 Å². The average Bonchev–Trinajstić information content (AvgIpc) is 3.04. The number of aromatic nitrogens is 3. The van der Waals surface area contributed by atoms with E-state index in [0.717, 1.165) is 29.3 Å². The number of hydrogen-bond acceptors (Lipinski definition) is 3. The van der Waals surface area contributed by atoms with Gasteiger partial charge in [-0.3, -0.25) is 0 Å². The Kier molecular flexibility index (Phi) is 3.46. The number of rotatable bonds is 1. The Morgan fingerprint density at radius 3 is 2.61 bits per heavy atom. The standard InChI is InChI=1S/C20H12F4N4/c21-14-6-3-5-13(20(22,23)24)17(14)18-12-8-25-19-16(12)11(9-26-28-19)10-4-1-2-7-15(10)27-18/h1-9,18,27H,(H,25,28). The molecule has 5 rings (SSSR count). The molecule has 4 nitrogen and oxygen atoms in total. The van der Waals surface area contributed by atoms with Crippen LogP contribution in [0, 0.1) is 5.82 Å². The zero-order valence-electron chi connectivity index (χ0n) is 14.2. The lowest BCUT2D eigenvalue weighted by Gasteiger charge is -2.23. The Hall–Kier alpha value is -3.42. The first-order valence-electron chi connectivity index (χ1n) is 8.49. The first-order chi connectivity index (χ1) is 13.4. The van der Waals surface area contributed by atoms with E-state index in [2.05, 4.69) is 20.5 Å². The molecule has 0 saturated heterocycles. The number of benzene rings is 2. The molecule has 0 aliphatic carbocycles. The SMILES string of the molecule is Fc1cccc(C(F)(F)F)c1C1Nc2ccccc2-c2cnnc3[nH]cc1c23. The van der Waals surface area contributed by atoms with Gasteiger partial charge in [-0.1, -0.05) is 24.3 Å². The zero-order chi connectivity index (χ0) is 19.5. The van der Waals surface area contributed by atoms with E-state index in [0.29, 0.717) is 22.3 Å². The lowest BCUT2D eigenvalue weighted by atomic mass is 9.93. The number of fused-ring (bicyclic) bond motifs is 2. The van der Waals surface area contributed by atoms with Crippen molar-refractivity contribution in [3.05, 3.63) is 77.4 Å². The number of alkyl halides is 3. The average molecular weight is 384 g/mol. The van der Waals surface area contributed by atoms with Gasteiger partial charge in [0.15, 0.2) is 5.65 Å². The van der Waals surface area contributed by atoms with Crippen LogP contribution in [0.4, 0.5) is 23.2 Å². The maximum atomic E-state index is 14.8. The van der Waals surface area contributed by atoms with E-state index in [1.165, 1.54) is 0 Å². The predicted molar refractivity (Wildman–Crippen MR) is 96.2 cm³/mol. The molecule has 2 aromatic carbocycles. The summed E-state index contributed by atoms with van der Waals surface area (Å²) in [4.78, 5) is 2.94. The van der Waals surface area contributed by atoms with Crippen LogP contribution in [-0.4, -0.2) is 15.2 Å². The largest absolute Gasteiger partial charge is 0.416 e. The molecule has 0 saturated carbocycles. The summed E-state index contributed by atoms with van der Waals surface area (Å²) >= 11 is 0. The topological polar surface area (TPSA) is 53.6 Å². The molecule has 4 aromatic rings.